The van der Waals surface area contributed by atoms with Gasteiger partial charge in [0.05, 0.1) is 12.2 Å². The first-order valence-electron chi connectivity index (χ1n) is 5.80. The number of rotatable bonds is 1. The summed E-state index contributed by atoms with van der Waals surface area (Å²) in [7, 11) is 0. The van der Waals surface area contributed by atoms with Crippen LogP contribution < -0.4 is 0 Å². The van der Waals surface area contributed by atoms with Gasteiger partial charge in [0.2, 0.25) is 0 Å². The van der Waals surface area contributed by atoms with Gasteiger partial charge < -0.3 is 4.74 Å². The number of ether oxygens (including phenoxy) is 1. The average molecular weight is 303 g/mol. The fraction of sp³-hybridized carbons (Fsp3) is 0.133. The number of hydrogen-bond acceptors (Lipinski definition) is 2. The monoisotopic (exact) mass is 302 g/mol. The molecule has 0 bridgehead atoms. The van der Waals surface area contributed by atoms with Gasteiger partial charge in [-0.15, -0.1) is 0 Å². The van der Waals surface area contributed by atoms with Crippen LogP contribution >= 0.6 is 15.9 Å². The molecule has 1 aliphatic rings. The third kappa shape index (κ3) is 1.95. The van der Waals surface area contributed by atoms with Gasteiger partial charge in [0, 0.05) is 10.9 Å². The molecule has 0 saturated carbocycles. The molecule has 0 saturated heterocycles. The number of carbonyl (C=O) groups is 1. The van der Waals surface area contributed by atoms with E-state index in [-0.39, 0.29) is 5.97 Å². The maximum atomic E-state index is 11.9. The summed E-state index contributed by atoms with van der Waals surface area (Å²) in [6, 6.07) is 13.9. The predicted molar refractivity (Wildman–Crippen MR) is 73.6 cm³/mol. The van der Waals surface area contributed by atoms with E-state index in [2.05, 4.69) is 15.9 Å². The van der Waals surface area contributed by atoms with Crippen LogP contribution in [-0.2, 0) is 11.2 Å². The van der Waals surface area contributed by atoms with E-state index in [0.29, 0.717) is 12.2 Å². The third-order valence-corrected chi connectivity index (χ3v) is 3.59. The summed E-state index contributed by atoms with van der Waals surface area (Å²) in [5.74, 6) is -0.216. The van der Waals surface area contributed by atoms with E-state index in [0.717, 1.165) is 27.6 Å². The Morgan fingerprint density at radius 1 is 1.11 bits per heavy atom. The Bertz CT molecular complexity index is 620. The molecule has 0 aliphatic carbocycles. The van der Waals surface area contributed by atoms with Crippen molar-refractivity contribution in [3.8, 4) is 11.1 Å². The maximum Gasteiger partial charge on any atom is 0.339 e. The van der Waals surface area contributed by atoms with Crippen molar-refractivity contribution in [3.05, 3.63) is 58.1 Å². The Balaban J connectivity index is 2.21. The van der Waals surface area contributed by atoms with Crippen molar-refractivity contribution in [2.24, 2.45) is 0 Å². The van der Waals surface area contributed by atoms with Crippen molar-refractivity contribution in [3.63, 3.8) is 0 Å². The van der Waals surface area contributed by atoms with E-state index in [1.165, 1.54) is 0 Å². The zero-order valence-corrected chi connectivity index (χ0v) is 11.2. The second-order valence-electron chi connectivity index (χ2n) is 4.24. The quantitative estimate of drug-likeness (QED) is 0.748. The van der Waals surface area contributed by atoms with Crippen molar-refractivity contribution < 1.29 is 9.53 Å². The summed E-state index contributed by atoms with van der Waals surface area (Å²) < 4.78 is 6.15. The van der Waals surface area contributed by atoms with Gasteiger partial charge in [0.25, 0.3) is 0 Å². The molecular weight excluding hydrogens is 292 g/mol. The van der Waals surface area contributed by atoms with E-state index in [4.69, 9.17) is 4.74 Å². The SMILES string of the molecule is O=C1OCCc2cccc(-c3cccc(Br)c3)c21. The molecule has 18 heavy (non-hydrogen) atoms. The molecule has 1 heterocycles. The van der Waals surface area contributed by atoms with Gasteiger partial charge in [-0.1, -0.05) is 46.3 Å². The highest BCUT2D eigenvalue weighted by atomic mass is 79.9. The van der Waals surface area contributed by atoms with Crippen LogP contribution in [0.4, 0.5) is 0 Å². The Morgan fingerprint density at radius 2 is 1.94 bits per heavy atom. The van der Waals surface area contributed by atoms with E-state index in [1.54, 1.807) is 0 Å². The van der Waals surface area contributed by atoms with Gasteiger partial charge in [0.15, 0.2) is 0 Å². The summed E-state index contributed by atoms with van der Waals surface area (Å²) >= 11 is 3.45. The summed E-state index contributed by atoms with van der Waals surface area (Å²) in [4.78, 5) is 11.9. The average Bonchev–Trinajstić information content (AvgIpc) is 2.38. The Labute approximate surface area is 114 Å². The number of fused-ring (bicyclic) bond motifs is 1. The highest BCUT2D eigenvalue weighted by Gasteiger charge is 2.22. The fourth-order valence-electron chi connectivity index (χ4n) is 2.27. The van der Waals surface area contributed by atoms with Crippen LogP contribution in [0.2, 0.25) is 0 Å². The molecular formula is C15H11BrO2. The number of benzene rings is 2. The van der Waals surface area contributed by atoms with Gasteiger partial charge in [-0.05, 0) is 28.8 Å². The molecule has 1 aliphatic heterocycles. The van der Waals surface area contributed by atoms with Crippen molar-refractivity contribution in [1.29, 1.82) is 0 Å². The fourth-order valence-corrected chi connectivity index (χ4v) is 2.67. The van der Waals surface area contributed by atoms with Crippen LogP contribution in [-0.4, -0.2) is 12.6 Å². The lowest BCUT2D eigenvalue weighted by Gasteiger charge is -2.18. The molecule has 2 aromatic carbocycles. The Kier molecular flexibility index (Phi) is 2.92. The van der Waals surface area contributed by atoms with Gasteiger partial charge in [0.1, 0.15) is 0 Å². The molecule has 0 N–H and O–H groups in total. The van der Waals surface area contributed by atoms with Gasteiger partial charge in [-0.3, -0.25) is 0 Å². The van der Waals surface area contributed by atoms with Crippen LogP contribution in [0, 0.1) is 0 Å². The van der Waals surface area contributed by atoms with Crippen molar-refractivity contribution >= 4 is 21.9 Å². The lowest BCUT2D eigenvalue weighted by atomic mass is 9.93. The standard InChI is InChI=1S/C15H11BrO2/c16-12-5-1-4-11(9-12)13-6-2-3-10-7-8-18-15(17)14(10)13/h1-6,9H,7-8H2. The summed E-state index contributed by atoms with van der Waals surface area (Å²) in [6.45, 7) is 0.480. The number of hydrogen-bond donors (Lipinski definition) is 0. The second-order valence-corrected chi connectivity index (χ2v) is 5.15. The Hall–Kier alpha value is -1.61. The van der Waals surface area contributed by atoms with Gasteiger partial charge in [-0.2, -0.15) is 0 Å². The highest BCUT2D eigenvalue weighted by Crippen LogP contribution is 2.30. The van der Waals surface area contributed by atoms with E-state index in [1.807, 2.05) is 42.5 Å². The molecule has 3 heteroatoms. The molecule has 0 fully saturated rings. The minimum atomic E-state index is -0.216. The topological polar surface area (TPSA) is 26.3 Å². The zero-order valence-electron chi connectivity index (χ0n) is 9.65. The number of carbonyl (C=O) groups excluding carboxylic acids is 1. The minimum absolute atomic E-state index is 0.216. The van der Waals surface area contributed by atoms with Crippen molar-refractivity contribution in [1.82, 2.24) is 0 Å². The van der Waals surface area contributed by atoms with E-state index in [9.17, 15) is 4.79 Å². The predicted octanol–water partition coefficient (Wildman–Crippen LogP) is 3.83. The van der Waals surface area contributed by atoms with E-state index < -0.39 is 0 Å². The zero-order chi connectivity index (χ0) is 12.5. The molecule has 0 spiro atoms. The maximum absolute atomic E-state index is 11.9. The smallest absolute Gasteiger partial charge is 0.339 e. The summed E-state index contributed by atoms with van der Waals surface area (Å²) in [6.07, 6.45) is 0.795. The van der Waals surface area contributed by atoms with Crippen LogP contribution in [0.1, 0.15) is 15.9 Å². The van der Waals surface area contributed by atoms with Gasteiger partial charge in [-0.25, -0.2) is 4.79 Å². The molecule has 0 radical (unpaired) electrons. The first kappa shape index (κ1) is 11.5. The van der Waals surface area contributed by atoms with Crippen molar-refractivity contribution in [2.45, 2.75) is 6.42 Å². The van der Waals surface area contributed by atoms with Crippen LogP contribution in [0.5, 0.6) is 0 Å². The lowest BCUT2D eigenvalue weighted by molar-refractivity contribution is 0.0481. The largest absolute Gasteiger partial charge is 0.462 e. The van der Waals surface area contributed by atoms with Crippen molar-refractivity contribution in [2.75, 3.05) is 6.61 Å². The first-order valence-corrected chi connectivity index (χ1v) is 6.60. The molecule has 2 aromatic rings. The van der Waals surface area contributed by atoms with Gasteiger partial charge >= 0.3 is 5.97 Å². The summed E-state index contributed by atoms with van der Waals surface area (Å²) in [5, 5.41) is 0. The number of cyclic esters (lactones) is 1. The van der Waals surface area contributed by atoms with Crippen LogP contribution in [0.15, 0.2) is 46.9 Å². The molecule has 0 aromatic heterocycles. The molecule has 0 unspecified atom stereocenters. The van der Waals surface area contributed by atoms with E-state index >= 15 is 0 Å². The number of halogens is 1. The molecule has 2 nitrogen and oxygen atoms in total. The summed E-state index contributed by atoms with van der Waals surface area (Å²) in [5.41, 5.74) is 3.75. The van der Waals surface area contributed by atoms with Crippen LogP contribution in [0.3, 0.4) is 0 Å². The first-order chi connectivity index (χ1) is 8.75. The Morgan fingerprint density at radius 3 is 2.78 bits per heavy atom. The number of esters is 1. The molecule has 3 rings (SSSR count). The van der Waals surface area contributed by atoms with Crippen LogP contribution in [0.25, 0.3) is 11.1 Å². The molecule has 0 amide bonds. The lowest BCUT2D eigenvalue weighted by Crippen LogP contribution is -2.18. The normalized spacial score (nSPS) is 13.9. The molecule has 90 valence electrons. The molecule has 0 atom stereocenters. The highest BCUT2D eigenvalue weighted by molar-refractivity contribution is 9.10. The minimum Gasteiger partial charge on any atom is -0.462 e. The third-order valence-electron chi connectivity index (χ3n) is 3.10. The second kappa shape index (κ2) is 4.58.